The average Bonchev–Trinajstić information content (AvgIpc) is 2.93. The Morgan fingerprint density at radius 1 is 1.14 bits per heavy atom. The molecule has 0 atom stereocenters. The molecule has 0 aromatic heterocycles. The third-order valence-corrected chi connectivity index (χ3v) is 5.36. The molecule has 152 valence electrons. The van der Waals surface area contributed by atoms with Crippen LogP contribution in [0.5, 0.6) is 5.75 Å². The topological polar surface area (TPSA) is 102 Å². The summed E-state index contributed by atoms with van der Waals surface area (Å²) in [4.78, 5) is 42.4. The summed E-state index contributed by atoms with van der Waals surface area (Å²) in [5, 5.41) is 9.27. The van der Waals surface area contributed by atoms with Crippen molar-refractivity contribution >= 4 is 11.8 Å². The molecule has 1 aromatic carbocycles. The van der Waals surface area contributed by atoms with Crippen LogP contribution in [0, 0.1) is 10.1 Å². The molecule has 0 bridgehead atoms. The van der Waals surface area contributed by atoms with E-state index in [9.17, 15) is 19.7 Å². The van der Waals surface area contributed by atoms with Crippen LogP contribution >= 0.6 is 0 Å². The normalized spacial score (nSPS) is 17.1. The molecule has 1 aliphatic heterocycles. The number of fused-ring (bicyclic) bond motifs is 1. The van der Waals surface area contributed by atoms with Crippen molar-refractivity contribution in [1.29, 1.82) is 0 Å². The molecule has 1 aliphatic carbocycles. The van der Waals surface area contributed by atoms with Gasteiger partial charge in [0, 0.05) is 12.6 Å². The van der Waals surface area contributed by atoms with Gasteiger partial charge in [0.05, 0.1) is 17.7 Å². The summed E-state index contributed by atoms with van der Waals surface area (Å²) in [5.74, 6) is -0.437. The molecule has 1 fully saturated rings. The zero-order valence-corrected chi connectivity index (χ0v) is 16.0. The molecule has 0 spiro atoms. The second kappa shape index (κ2) is 9.01. The monoisotopic (exact) mass is 391 g/mol. The molecule has 2 aliphatic rings. The van der Waals surface area contributed by atoms with Gasteiger partial charge >= 0.3 is 0 Å². The van der Waals surface area contributed by atoms with Crippen LogP contribution in [-0.4, -0.2) is 66.1 Å². The van der Waals surface area contributed by atoms with Crippen molar-refractivity contribution in [1.82, 2.24) is 9.80 Å². The number of hydrogen-bond donors (Lipinski definition) is 0. The Morgan fingerprint density at radius 2 is 1.86 bits per heavy atom. The van der Waals surface area contributed by atoms with Gasteiger partial charge in [0.1, 0.15) is 19.0 Å². The van der Waals surface area contributed by atoms with Gasteiger partial charge in [0.15, 0.2) is 0 Å². The van der Waals surface area contributed by atoms with E-state index < -0.39 is 16.9 Å². The van der Waals surface area contributed by atoms with Gasteiger partial charge in [0.2, 0.25) is 0 Å². The smallest absolute Gasteiger partial charge is 0.294 e. The first-order valence-corrected chi connectivity index (χ1v) is 9.58. The molecule has 3 rings (SSSR count). The number of imide groups is 1. The summed E-state index contributed by atoms with van der Waals surface area (Å²) in [7, 11) is 2.11. The van der Waals surface area contributed by atoms with E-state index in [1.54, 1.807) is 18.2 Å². The van der Waals surface area contributed by atoms with Crippen LogP contribution in [0.15, 0.2) is 18.2 Å². The molecule has 28 heavy (non-hydrogen) atoms. The molecule has 9 nitrogen and oxygen atoms in total. The average molecular weight is 391 g/mol. The quantitative estimate of drug-likeness (QED) is 0.361. The van der Waals surface area contributed by atoms with Crippen LogP contribution in [-0.2, 0) is 4.84 Å². The molecule has 1 aromatic rings. The maximum atomic E-state index is 12.4. The highest BCUT2D eigenvalue weighted by Gasteiger charge is 2.35. The van der Waals surface area contributed by atoms with Crippen LogP contribution in [0.4, 0.5) is 0 Å². The summed E-state index contributed by atoms with van der Waals surface area (Å²) >= 11 is 0. The molecular formula is C19H25N3O6. The summed E-state index contributed by atoms with van der Waals surface area (Å²) in [6.45, 7) is 0.762. The first-order chi connectivity index (χ1) is 13.5. The molecule has 0 radical (unpaired) electrons. The Balaban J connectivity index is 1.54. The summed E-state index contributed by atoms with van der Waals surface area (Å²) < 4.78 is 5.79. The van der Waals surface area contributed by atoms with Crippen molar-refractivity contribution in [3.63, 3.8) is 0 Å². The maximum absolute atomic E-state index is 12.4. The number of benzene rings is 1. The van der Waals surface area contributed by atoms with Crippen molar-refractivity contribution in [2.24, 2.45) is 0 Å². The molecule has 0 unspecified atom stereocenters. The summed E-state index contributed by atoms with van der Waals surface area (Å²) in [5.41, 5.74) is 0.530. The SMILES string of the molecule is CN(CCOc1ccc2c(c1)C(=O)N(CCO[N+](=O)[O-])C2=O)C1CCCCC1. The van der Waals surface area contributed by atoms with Crippen molar-refractivity contribution in [3.8, 4) is 5.75 Å². The van der Waals surface area contributed by atoms with Crippen molar-refractivity contribution in [2.75, 3.05) is 33.4 Å². The lowest BCUT2D eigenvalue weighted by Crippen LogP contribution is -2.36. The minimum Gasteiger partial charge on any atom is -0.492 e. The van der Waals surface area contributed by atoms with E-state index in [4.69, 9.17) is 4.74 Å². The third-order valence-electron chi connectivity index (χ3n) is 5.36. The van der Waals surface area contributed by atoms with E-state index in [-0.39, 0.29) is 24.3 Å². The van der Waals surface area contributed by atoms with Crippen molar-refractivity contribution in [3.05, 3.63) is 39.4 Å². The number of carbonyl (C=O) groups is 2. The summed E-state index contributed by atoms with van der Waals surface area (Å²) in [6, 6.07) is 5.39. The Hall–Kier alpha value is -2.68. The molecule has 2 amide bonds. The lowest BCUT2D eigenvalue weighted by atomic mass is 9.94. The lowest BCUT2D eigenvalue weighted by molar-refractivity contribution is -0.757. The number of nitrogens with zero attached hydrogens (tertiary/aromatic N) is 3. The Kier molecular flexibility index (Phi) is 6.45. The van der Waals surface area contributed by atoms with E-state index in [0.717, 1.165) is 11.4 Å². The van der Waals surface area contributed by atoms with Crippen molar-refractivity contribution in [2.45, 2.75) is 38.1 Å². The molecule has 1 saturated carbocycles. The van der Waals surface area contributed by atoms with Crippen LogP contribution in [0.25, 0.3) is 0 Å². The van der Waals surface area contributed by atoms with Gasteiger partial charge in [-0.25, -0.2) is 0 Å². The van der Waals surface area contributed by atoms with E-state index in [0.29, 0.717) is 18.4 Å². The maximum Gasteiger partial charge on any atom is 0.294 e. The van der Waals surface area contributed by atoms with Gasteiger partial charge in [-0.3, -0.25) is 14.5 Å². The van der Waals surface area contributed by atoms with Crippen LogP contribution < -0.4 is 4.74 Å². The lowest BCUT2D eigenvalue weighted by Gasteiger charge is -2.31. The number of likely N-dealkylation sites (N-methyl/N-ethyl adjacent to an activating group) is 1. The molecule has 0 N–H and O–H groups in total. The van der Waals surface area contributed by atoms with Crippen LogP contribution in [0.1, 0.15) is 52.8 Å². The zero-order chi connectivity index (χ0) is 20.1. The largest absolute Gasteiger partial charge is 0.492 e. The highest BCUT2D eigenvalue weighted by molar-refractivity contribution is 6.21. The minimum absolute atomic E-state index is 0.171. The van der Waals surface area contributed by atoms with Crippen LogP contribution in [0.3, 0.4) is 0 Å². The Labute approximate surface area is 163 Å². The third kappa shape index (κ3) is 4.59. The second-order valence-electron chi connectivity index (χ2n) is 7.15. The second-order valence-corrected chi connectivity index (χ2v) is 7.15. The van der Waals surface area contributed by atoms with Gasteiger partial charge in [-0.05, 0) is 38.1 Å². The number of carbonyl (C=O) groups excluding carboxylic acids is 2. The fourth-order valence-corrected chi connectivity index (χ4v) is 3.78. The molecule has 1 heterocycles. The molecule has 0 saturated heterocycles. The number of ether oxygens (including phenoxy) is 1. The van der Waals surface area contributed by atoms with Gasteiger partial charge < -0.3 is 14.5 Å². The van der Waals surface area contributed by atoms with E-state index in [1.807, 2.05) is 0 Å². The minimum atomic E-state index is -0.950. The highest BCUT2D eigenvalue weighted by atomic mass is 16.9. The van der Waals surface area contributed by atoms with Gasteiger partial charge in [-0.15, -0.1) is 10.1 Å². The van der Waals surface area contributed by atoms with Gasteiger partial charge in [-0.1, -0.05) is 19.3 Å². The van der Waals surface area contributed by atoms with E-state index >= 15 is 0 Å². The zero-order valence-electron chi connectivity index (χ0n) is 16.0. The van der Waals surface area contributed by atoms with Gasteiger partial charge in [0.25, 0.3) is 16.9 Å². The predicted molar refractivity (Wildman–Crippen MR) is 99.8 cm³/mol. The summed E-state index contributed by atoms with van der Waals surface area (Å²) in [6.07, 6.45) is 6.32. The first kappa shape index (κ1) is 20.1. The Bertz CT molecular complexity index is 747. The Morgan fingerprint density at radius 3 is 2.57 bits per heavy atom. The number of amides is 2. The fraction of sp³-hybridized carbons (Fsp3) is 0.579. The standard InChI is InChI=1S/C19H25N3O6/c1-20(14-5-3-2-4-6-14)9-11-27-15-7-8-16-17(13-15)19(24)21(18(16)23)10-12-28-22(25)26/h7-8,13-14H,2-6,9-12H2,1H3. The van der Waals surface area contributed by atoms with Crippen LogP contribution in [0.2, 0.25) is 0 Å². The molecular weight excluding hydrogens is 366 g/mol. The first-order valence-electron chi connectivity index (χ1n) is 9.58. The highest BCUT2D eigenvalue weighted by Crippen LogP contribution is 2.27. The fourth-order valence-electron chi connectivity index (χ4n) is 3.78. The van der Waals surface area contributed by atoms with E-state index in [1.165, 1.54) is 32.1 Å². The number of hydrogen-bond acceptors (Lipinski definition) is 7. The van der Waals surface area contributed by atoms with Crippen molar-refractivity contribution < 1.29 is 24.3 Å². The predicted octanol–water partition coefficient (Wildman–Crippen LogP) is 2.13. The van der Waals surface area contributed by atoms with E-state index in [2.05, 4.69) is 16.8 Å². The molecule has 9 heteroatoms. The van der Waals surface area contributed by atoms with Gasteiger partial charge in [-0.2, -0.15) is 0 Å². The number of rotatable bonds is 9.